The molecule has 0 aromatic heterocycles. The van der Waals surface area contributed by atoms with Gasteiger partial charge in [0.1, 0.15) is 38.0 Å². The number of benzene rings is 6. The molecule has 0 bridgehead atoms. The first kappa shape index (κ1) is 124. The number of rotatable bonds is 35. The van der Waals surface area contributed by atoms with Crippen LogP contribution in [0.5, 0.6) is 0 Å². The summed E-state index contributed by atoms with van der Waals surface area (Å²) in [6.07, 6.45) is 9.35. The number of ether oxygens (including phenoxy) is 4. The summed E-state index contributed by atoms with van der Waals surface area (Å²) in [4.78, 5) is 125. The molecule has 6 heterocycles. The summed E-state index contributed by atoms with van der Waals surface area (Å²) < 4.78 is 35.7. The predicted molar refractivity (Wildman–Crippen MR) is 582 cm³/mol. The van der Waals surface area contributed by atoms with Crippen LogP contribution in [0.1, 0.15) is 298 Å². The van der Waals surface area contributed by atoms with Crippen LogP contribution >= 0.6 is 8.53 Å². The van der Waals surface area contributed by atoms with Gasteiger partial charge in [0.2, 0.25) is 17.7 Å². The molecule has 0 spiro atoms. The first-order chi connectivity index (χ1) is 71.3. The number of Topliss-reactive ketones (excluding diaryl/α,β-unsaturated/α-hetero) is 2. The Morgan fingerprint density at radius 1 is 0.423 bits per heavy atom. The molecule has 6 aliphatic heterocycles. The molecular formula is C117H174N9O22P. The number of nitrogens with one attached hydrogen (secondary N) is 3. The van der Waals surface area contributed by atoms with E-state index in [0.717, 1.165) is 98.8 Å². The minimum Gasteiger partial charge on any atom is -0.456 e. The molecule has 9 N–H and O–H groups in total. The highest BCUT2D eigenvalue weighted by molar-refractivity contribution is 7.44. The van der Waals surface area contributed by atoms with Crippen molar-refractivity contribution in [1.82, 2.24) is 45.1 Å². The van der Waals surface area contributed by atoms with Crippen molar-refractivity contribution in [2.75, 3.05) is 92.5 Å². The fourth-order valence-corrected chi connectivity index (χ4v) is 22.9. The van der Waals surface area contributed by atoms with Crippen LogP contribution in [0.4, 0.5) is 14.4 Å². The maximum atomic E-state index is 12.6. The lowest BCUT2D eigenvalue weighted by Gasteiger charge is -2.36. The van der Waals surface area contributed by atoms with Crippen molar-refractivity contribution in [3.8, 4) is 33.4 Å². The number of likely N-dealkylation sites (tertiary alicyclic amines) is 5. The van der Waals surface area contributed by atoms with Crippen LogP contribution in [0.3, 0.4) is 0 Å². The molecule has 0 saturated carbocycles. The Balaban J connectivity index is 0.000000212. The van der Waals surface area contributed by atoms with E-state index in [4.69, 9.17) is 33.1 Å². The third-order valence-electron chi connectivity index (χ3n) is 29.3. The second-order valence-electron chi connectivity index (χ2n) is 41.3. The lowest BCUT2D eigenvalue weighted by molar-refractivity contribution is -0.150. The molecule has 15 atom stereocenters. The van der Waals surface area contributed by atoms with Crippen LogP contribution in [0.2, 0.25) is 0 Å². The minimum absolute atomic E-state index is 0.0169. The Labute approximate surface area is 886 Å². The van der Waals surface area contributed by atoms with Crippen molar-refractivity contribution in [2.24, 2.45) is 23.7 Å². The van der Waals surface area contributed by atoms with E-state index in [1.807, 2.05) is 96.1 Å². The van der Waals surface area contributed by atoms with Crippen LogP contribution in [0, 0.1) is 23.7 Å². The fourth-order valence-electron chi connectivity index (χ4n) is 21.3. The Hall–Kier alpha value is -10.2. The summed E-state index contributed by atoms with van der Waals surface area (Å²) in [6.45, 7) is 41.5. The molecule has 3 unspecified atom stereocenters. The van der Waals surface area contributed by atoms with E-state index < -0.39 is 51.2 Å². The lowest BCUT2D eigenvalue weighted by Crippen LogP contribution is -2.43. The van der Waals surface area contributed by atoms with Crippen molar-refractivity contribution >= 4 is 68.0 Å². The van der Waals surface area contributed by atoms with E-state index in [1.165, 1.54) is 75.7 Å². The second kappa shape index (κ2) is 63.4. The molecule has 32 heteroatoms. The summed E-state index contributed by atoms with van der Waals surface area (Å²) in [5.41, 5.74) is 14.4. The van der Waals surface area contributed by atoms with E-state index in [0.29, 0.717) is 120 Å². The number of aliphatic hydroxyl groups is 6. The Morgan fingerprint density at radius 2 is 0.772 bits per heavy atom. The Morgan fingerprint density at radius 3 is 1.11 bits per heavy atom. The lowest BCUT2D eigenvalue weighted by atomic mass is 9.98. The number of esters is 1. The van der Waals surface area contributed by atoms with Crippen LogP contribution in [-0.2, 0) is 61.6 Å². The van der Waals surface area contributed by atoms with Crippen LogP contribution < -0.4 is 16.0 Å². The summed E-state index contributed by atoms with van der Waals surface area (Å²) in [7, 11) is 0.402. The maximum absolute atomic E-state index is 12.6. The smallest absolute Gasteiger partial charge is 0.410 e. The first-order valence-corrected chi connectivity index (χ1v) is 55.7. The number of β-amino-alcohol motifs (C(OH)–C–C–N with tert-alkyl or cyclic N) is 2. The molecule has 6 aromatic rings. The fraction of sp³-hybridized carbons (Fsp3) is 0.607. The number of hydrogen-bond donors (Lipinski definition) is 9. The monoisotopic (exact) mass is 2090 g/mol. The van der Waals surface area contributed by atoms with Crippen molar-refractivity contribution in [1.29, 1.82) is 0 Å². The second-order valence-corrected chi connectivity index (χ2v) is 42.8. The van der Waals surface area contributed by atoms with Crippen molar-refractivity contribution in [3.05, 3.63) is 179 Å². The zero-order valence-electron chi connectivity index (χ0n) is 91.9. The molecule has 6 saturated heterocycles. The minimum atomic E-state index is -1.70. The molecule has 3 aliphatic carbocycles. The number of carbonyl (C=O) groups is 10. The molecular weight excluding hydrogens is 1910 g/mol. The number of fused-ring (bicyclic) bond motifs is 9. The number of nitrogens with zero attached hydrogens (tertiary/aromatic N) is 6. The topological polar surface area (TPSA) is 403 Å². The third-order valence-corrected chi connectivity index (χ3v) is 31.4. The van der Waals surface area contributed by atoms with Gasteiger partial charge in [-0.2, -0.15) is 0 Å². The van der Waals surface area contributed by atoms with E-state index in [9.17, 15) is 73.5 Å². The Bertz CT molecular complexity index is 4860. The van der Waals surface area contributed by atoms with Gasteiger partial charge in [-0.15, -0.1) is 0 Å². The molecule has 9 aliphatic rings. The van der Waals surface area contributed by atoms with E-state index >= 15 is 0 Å². The van der Waals surface area contributed by atoms with Gasteiger partial charge in [0.25, 0.3) is 14.4 Å². The van der Waals surface area contributed by atoms with Crippen molar-refractivity contribution in [2.45, 2.75) is 343 Å². The van der Waals surface area contributed by atoms with Gasteiger partial charge in [-0.1, -0.05) is 236 Å². The highest BCUT2D eigenvalue weighted by atomic mass is 31.2. The maximum Gasteiger partial charge on any atom is 0.410 e. The summed E-state index contributed by atoms with van der Waals surface area (Å²) in [5, 5.41) is 65.4. The summed E-state index contributed by atoms with van der Waals surface area (Å²) in [6, 6.07) is 51.2. The highest BCUT2D eigenvalue weighted by Gasteiger charge is 2.43. The van der Waals surface area contributed by atoms with Gasteiger partial charge in [0.15, 0.2) is 12.9 Å². The molecule has 824 valence electrons. The number of amides is 7. The van der Waals surface area contributed by atoms with E-state index in [1.54, 1.807) is 25.9 Å². The van der Waals surface area contributed by atoms with Crippen LogP contribution in [-0.4, -0.2) is 291 Å². The van der Waals surface area contributed by atoms with Gasteiger partial charge in [0, 0.05) is 152 Å². The normalized spacial score (nSPS) is 21.6. The molecule has 0 radical (unpaired) electrons. The van der Waals surface area contributed by atoms with Crippen LogP contribution in [0.25, 0.3) is 33.4 Å². The standard InChI is InChI=1S/C22H25NO2.C21H23NO3.C20H21NO5.C17H35N2O4P.C11H19NO3.C10H19NO3.C9H17NO2.C7H15N/c1-3-16-12-15(2)13-23(16)22(24)25-14-21-19-10-6-4-8-17(19)18-9-5-7-11-20(18)21;1-2-14-11-15(23)12-22(14)21(24)25-13-20-18-9-5-3-7-16(18)17-8-4-6-10-19(17)20;22-12-9-18(19(23)24)21(10-12)20(25)26-11-17-15-7-3-1-5-13(15)14-6-2-4-8-16(14)17;1-8-15(20)10-11-16(12-18-17(21)9-2)23-24(22-7)19(13(3)4)14(5)6;1-4-10-5-8(2)6-12(10)11(14)7-15-9(3)13;1-3-8(12)5-6-9(13)7-11-10(14)4-2;1-3-8-4-7(2)5-10(8)9(12)6-11;1-3-7-4-6(2)5-8-7/h4-11,15-16,21H,3,12-14H2,1-2H3;3-10,14-15,20,23H,2,11-13H2,1H3;1-8,12,17-19,22-24H,9-11H2;13-14,16H,8-12H2,1-7H3,(H,18,21);8,10H,4-7H2,1-3H3;9,13H,3-7H2,1-2H3,(H,11,14);7-8,11H,3-6H2,1-2H3;6-8H,3-5H2,1-2H3/t15-,16-;14-,15-;12-,18+;;8-,10-;;7-,8-;6-,7-/m111.1.11/s1. The summed E-state index contributed by atoms with van der Waals surface area (Å²) >= 11 is 0. The molecule has 6 aromatic carbocycles. The van der Waals surface area contributed by atoms with Gasteiger partial charge in [0.05, 0.1) is 43.5 Å². The SMILES string of the molecule is CCC(=O)CCC(CNC(=O)CC)OP(OC)N(C(C)C)C(C)C.CCC(=O)CCC(O)CNC(=O)CC.CC[C@@H]1C[C@@H](C)CN1.CC[C@@H]1C[C@@H](C)CN1C(=O)CO.CC[C@@H]1C[C@@H](C)CN1C(=O)COC(C)=O.CC[C@@H]1C[C@@H](C)CN1C(=O)OCC1c2ccccc2-c2ccccc21.CC[C@@H]1C[C@@H](O)CN1C(=O)OCC1c2ccccc2-c2ccccc21.O=C(OCC1c2ccccc2-c2ccccc21)N1C[C@H](O)C[C@H]1C(O)O. The average molecular weight is 2090 g/mol. The zero-order valence-corrected chi connectivity index (χ0v) is 92.8. The Kier molecular flexibility index (Phi) is 52.7. The number of carbonyl (C=O) groups excluding carboxylic acids is 10. The van der Waals surface area contributed by atoms with Crippen LogP contribution in [0.15, 0.2) is 146 Å². The summed E-state index contributed by atoms with van der Waals surface area (Å²) in [5.74, 6) is 2.44. The largest absolute Gasteiger partial charge is 0.456 e. The van der Waals surface area contributed by atoms with E-state index in [2.05, 4.69) is 189 Å². The predicted octanol–water partition coefficient (Wildman–Crippen LogP) is 18.0. The third kappa shape index (κ3) is 36.8. The number of aliphatic hydroxyl groups excluding tert-OH is 5. The molecule has 6 fully saturated rings. The van der Waals surface area contributed by atoms with Crippen molar-refractivity contribution < 1.29 is 107 Å². The number of ketones is 2. The molecule has 31 nitrogen and oxygen atoms in total. The van der Waals surface area contributed by atoms with Gasteiger partial charge in [-0.25, -0.2) is 19.1 Å². The van der Waals surface area contributed by atoms with Crippen molar-refractivity contribution in [3.63, 3.8) is 0 Å². The van der Waals surface area contributed by atoms with Gasteiger partial charge < -0.3 is 94.2 Å². The highest BCUT2D eigenvalue weighted by Crippen LogP contribution is 2.50. The van der Waals surface area contributed by atoms with Gasteiger partial charge in [-0.05, 0) is 202 Å². The quantitative estimate of drug-likeness (QED) is 0.00772. The van der Waals surface area contributed by atoms with E-state index in [-0.39, 0.29) is 129 Å². The average Bonchev–Trinajstić information content (AvgIpc) is 1.64. The molecule has 15 rings (SSSR count). The molecule has 7 amide bonds. The molecule has 149 heavy (non-hydrogen) atoms. The number of hydrogen-bond acceptors (Lipinski definition) is 24. The van der Waals surface area contributed by atoms with Gasteiger partial charge in [-0.3, -0.25) is 38.5 Å². The van der Waals surface area contributed by atoms with Gasteiger partial charge >= 0.3 is 24.2 Å². The first-order valence-electron chi connectivity index (χ1n) is 54.5. The zero-order chi connectivity index (χ0) is 109.